The van der Waals surface area contributed by atoms with Crippen molar-refractivity contribution in [3.05, 3.63) is 52.5 Å². The van der Waals surface area contributed by atoms with Crippen LogP contribution in [-0.4, -0.2) is 13.2 Å². The summed E-state index contributed by atoms with van der Waals surface area (Å²) in [6.07, 6.45) is -4.73. The molecule has 1 aliphatic rings. The third kappa shape index (κ3) is 3.98. The summed E-state index contributed by atoms with van der Waals surface area (Å²) in [5, 5.41) is 0.386. The van der Waals surface area contributed by atoms with Gasteiger partial charge in [0.05, 0.1) is 6.04 Å². The van der Waals surface area contributed by atoms with E-state index in [0.717, 1.165) is 0 Å². The minimum absolute atomic E-state index is 0. The van der Waals surface area contributed by atoms with Gasteiger partial charge in [-0.1, -0.05) is 23.7 Å². The summed E-state index contributed by atoms with van der Waals surface area (Å²) in [5.41, 5.74) is 7.31. The highest BCUT2D eigenvalue weighted by atomic mass is 35.5. The summed E-state index contributed by atoms with van der Waals surface area (Å²) in [6.45, 7) is 0.105. The van der Waals surface area contributed by atoms with Crippen molar-refractivity contribution in [3.63, 3.8) is 0 Å². The molecule has 0 aromatic heterocycles. The molecule has 0 amide bonds. The van der Waals surface area contributed by atoms with Gasteiger partial charge in [0.15, 0.2) is 11.5 Å². The zero-order valence-electron chi connectivity index (χ0n) is 12.0. The number of alkyl halides is 3. The largest absolute Gasteiger partial charge is 0.573 e. The van der Waals surface area contributed by atoms with Crippen LogP contribution < -0.4 is 19.9 Å². The second-order valence-electron chi connectivity index (χ2n) is 4.82. The second kappa shape index (κ2) is 6.96. The molecule has 1 atom stereocenters. The number of rotatable bonds is 3. The number of benzene rings is 2. The molecule has 9 heteroatoms. The lowest BCUT2D eigenvalue weighted by Crippen LogP contribution is -2.17. The van der Waals surface area contributed by atoms with Crippen molar-refractivity contribution < 1.29 is 27.4 Å². The molecular formula is C15H12Cl2F3NO3. The molecule has 0 bridgehead atoms. The van der Waals surface area contributed by atoms with Crippen LogP contribution in [0.25, 0.3) is 0 Å². The smallest absolute Gasteiger partial charge is 0.454 e. The van der Waals surface area contributed by atoms with Gasteiger partial charge in [0.1, 0.15) is 5.75 Å². The van der Waals surface area contributed by atoms with Crippen molar-refractivity contribution in [1.82, 2.24) is 0 Å². The third-order valence-corrected chi connectivity index (χ3v) is 3.63. The number of ether oxygens (including phenoxy) is 3. The molecule has 2 N–H and O–H groups in total. The molecule has 2 aromatic carbocycles. The van der Waals surface area contributed by atoms with E-state index in [1.807, 2.05) is 0 Å². The molecule has 0 radical (unpaired) electrons. The van der Waals surface area contributed by atoms with Crippen molar-refractivity contribution in [2.75, 3.05) is 6.79 Å². The van der Waals surface area contributed by atoms with Gasteiger partial charge in [-0.25, -0.2) is 0 Å². The van der Waals surface area contributed by atoms with Gasteiger partial charge in [0, 0.05) is 11.1 Å². The molecule has 0 spiro atoms. The Kier molecular flexibility index (Phi) is 5.37. The van der Waals surface area contributed by atoms with E-state index < -0.39 is 12.4 Å². The molecule has 0 aliphatic carbocycles. The summed E-state index contributed by atoms with van der Waals surface area (Å²) in [4.78, 5) is 0. The van der Waals surface area contributed by atoms with Gasteiger partial charge in [0.25, 0.3) is 0 Å². The highest BCUT2D eigenvalue weighted by Gasteiger charge is 2.31. The molecule has 24 heavy (non-hydrogen) atoms. The van der Waals surface area contributed by atoms with Gasteiger partial charge in [-0.15, -0.1) is 25.6 Å². The molecule has 1 heterocycles. The number of hydrogen-bond donors (Lipinski definition) is 1. The summed E-state index contributed by atoms with van der Waals surface area (Å²) in [6, 6.07) is 7.93. The van der Waals surface area contributed by atoms with Crippen LogP contribution in [0, 0.1) is 0 Å². The Morgan fingerprint density at radius 3 is 2.25 bits per heavy atom. The number of halogens is 5. The molecule has 3 rings (SSSR count). The third-order valence-electron chi connectivity index (χ3n) is 3.30. The van der Waals surface area contributed by atoms with Gasteiger partial charge in [0.2, 0.25) is 6.79 Å². The van der Waals surface area contributed by atoms with Gasteiger partial charge >= 0.3 is 6.36 Å². The van der Waals surface area contributed by atoms with Crippen LogP contribution in [0.2, 0.25) is 5.02 Å². The lowest BCUT2D eigenvalue weighted by atomic mass is 9.99. The first-order valence-electron chi connectivity index (χ1n) is 6.54. The van der Waals surface area contributed by atoms with E-state index >= 15 is 0 Å². The fourth-order valence-electron chi connectivity index (χ4n) is 2.23. The second-order valence-corrected chi connectivity index (χ2v) is 5.23. The zero-order valence-corrected chi connectivity index (χ0v) is 13.5. The van der Waals surface area contributed by atoms with Gasteiger partial charge in [-0.05, 0) is 29.3 Å². The van der Waals surface area contributed by atoms with Crippen LogP contribution in [-0.2, 0) is 0 Å². The lowest BCUT2D eigenvalue weighted by Gasteiger charge is -2.16. The van der Waals surface area contributed by atoms with Crippen molar-refractivity contribution in [3.8, 4) is 17.2 Å². The van der Waals surface area contributed by atoms with Crippen LogP contribution >= 0.6 is 24.0 Å². The standard InChI is InChI=1S/C15H11ClF3NO3.ClH/c16-11-6-13-12(21-7-22-13)5-10(11)14(20)8-1-3-9(4-2-8)23-15(17,18)19;/h1-6,14H,7,20H2;1H/t14-;/m0./s1. The lowest BCUT2D eigenvalue weighted by molar-refractivity contribution is -0.274. The molecule has 2 aromatic rings. The molecule has 0 saturated carbocycles. The molecule has 4 nitrogen and oxygen atoms in total. The Bertz CT molecular complexity index is 723. The minimum Gasteiger partial charge on any atom is -0.454 e. The topological polar surface area (TPSA) is 53.7 Å². The molecular weight excluding hydrogens is 370 g/mol. The molecule has 1 aliphatic heterocycles. The Morgan fingerprint density at radius 1 is 1.08 bits per heavy atom. The van der Waals surface area contributed by atoms with Crippen molar-refractivity contribution >= 4 is 24.0 Å². The number of nitrogens with two attached hydrogens (primary N) is 1. The van der Waals surface area contributed by atoms with Crippen LogP contribution in [0.15, 0.2) is 36.4 Å². The summed E-state index contributed by atoms with van der Waals surface area (Å²) >= 11 is 6.18. The highest BCUT2D eigenvalue weighted by molar-refractivity contribution is 6.31. The average Bonchev–Trinajstić information content (AvgIpc) is 2.92. The monoisotopic (exact) mass is 381 g/mol. The number of hydrogen-bond acceptors (Lipinski definition) is 4. The maximum atomic E-state index is 12.2. The predicted molar refractivity (Wildman–Crippen MR) is 84.0 cm³/mol. The normalized spacial score (nSPS) is 14.0. The van der Waals surface area contributed by atoms with Crippen molar-refractivity contribution in [2.24, 2.45) is 5.73 Å². The quantitative estimate of drug-likeness (QED) is 0.853. The molecule has 130 valence electrons. The first-order chi connectivity index (χ1) is 10.8. The van der Waals surface area contributed by atoms with Crippen molar-refractivity contribution in [1.29, 1.82) is 0 Å². The minimum atomic E-state index is -4.73. The molecule has 0 saturated heterocycles. The van der Waals surface area contributed by atoms with E-state index in [0.29, 0.717) is 27.6 Å². The Balaban J connectivity index is 0.00000208. The van der Waals surface area contributed by atoms with Gasteiger partial charge in [-0.3, -0.25) is 0 Å². The van der Waals surface area contributed by atoms with Crippen LogP contribution in [0.5, 0.6) is 17.2 Å². The summed E-state index contributed by atoms with van der Waals surface area (Å²) < 4.78 is 50.8. The van der Waals surface area contributed by atoms with E-state index in [1.54, 1.807) is 12.1 Å². The first kappa shape index (κ1) is 18.5. The predicted octanol–water partition coefficient (Wildman–Crippen LogP) is 4.44. The maximum absolute atomic E-state index is 12.2. The first-order valence-corrected chi connectivity index (χ1v) is 6.91. The van der Waals surface area contributed by atoms with Crippen LogP contribution in [0.1, 0.15) is 17.2 Å². The Morgan fingerprint density at radius 2 is 1.67 bits per heavy atom. The van der Waals surface area contributed by atoms with E-state index in [-0.39, 0.29) is 24.9 Å². The summed E-state index contributed by atoms with van der Waals surface area (Å²) in [5.74, 6) is 0.738. The van der Waals surface area contributed by atoms with Crippen LogP contribution in [0.4, 0.5) is 13.2 Å². The molecule has 0 unspecified atom stereocenters. The van der Waals surface area contributed by atoms with E-state index in [4.69, 9.17) is 26.8 Å². The Hall–Kier alpha value is -1.83. The zero-order chi connectivity index (χ0) is 16.6. The highest BCUT2D eigenvalue weighted by Crippen LogP contribution is 2.39. The van der Waals surface area contributed by atoms with Gasteiger partial charge in [-0.2, -0.15) is 0 Å². The van der Waals surface area contributed by atoms with E-state index in [9.17, 15) is 13.2 Å². The van der Waals surface area contributed by atoms with E-state index in [1.165, 1.54) is 24.3 Å². The van der Waals surface area contributed by atoms with Gasteiger partial charge < -0.3 is 19.9 Å². The van der Waals surface area contributed by atoms with Crippen LogP contribution in [0.3, 0.4) is 0 Å². The Labute approximate surface area is 146 Å². The summed E-state index contributed by atoms with van der Waals surface area (Å²) in [7, 11) is 0. The maximum Gasteiger partial charge on any atom is 0.573 e. The van der Waals surface area contributed by atoms with Crippen molar-refractivity contribution in [2.45, 2.75) is 12.4 Å². The average molecular weight is 382 g/mol. The molecule has 0 fully saturated rings. The van der Waals surface area contributed by atoms with E-state index in [2.05, 4.69) is 4.74 Å². The number of fused-ring (bicyclic) bond motifs is 1. The SMILES string of the molecule is Cl.N[C@@H](c1ccc(OC(F)(F)F)cc1)c1cc2c(cc1Cl)OCO2. The fraction of sp³-hybridized carbons (Fsp3) is 0.200. The fourth-order valence-corrected chi connectivity index (χ4v) is 2.50.